The lowest BCUT2D eigenvalue weighted by Gasteiger charge is -2.16. The molecule has 0 bridgehead atoms. The van der Waals surface area contributed by atoms with Crippen LogP contribution in [0, 0.1) is 0 Å². The molecule has 0 aromatic rings. The molecular weight excluding hydrogens is 212 g/mol. The van der Waals surface area contributed by atoms with Crippen LogP contribution in [0.4, 0.5) is 0 Å². The molecule has 2 fully saturated rings. The molecule has 5 heteroatoms. The quantitative estimate of drug-likeness (QED) is 0.531. The maximum atomic E-state index is 11.6. The summed E-state index contributed by atoms with van der Waals surface area (Å²) < 4.78 is 21.4. The van der Waals surface area contributed by atoms with Crippen LogP contribution >= 0.6 is 0 Å². The molecule has 16 heavy (non-hydrogen) atoms. The molecule has 2 heterocycles. The molecule has 0 aliphatic carbocycles. The molecule has 2 saturated heterocycles. The van der Waals surface area contributed by atoms with Gasteiger partial charge in [-0.15, -0.1) is 0 Å². The van der Waals surface area contributed by atoms with Crippen LogP contribution in [0.5, 0.6) is 0 Å². The third-order valence-electron chi connectivity index (χ3n) is 2.91. The van der Waals surface area contributed by atoms with Gasteiger partial charge in [-0.25, -0.2) is 4.79 Å². The molecule has 0 aromatic heterocycles. The van der Waals surface area contributed by atoms with Crippen molar-refractivity contribution < 1.29 is 23.7 Å². The minimum Gasteiger partial charge on any atom is -0.464 e. The summed E-state index contributed by atoms with van der Waals surface area (Å²) in [5.41, 5.74) is -0.857. The molecule has 0 radical (unpaired) electrons. The molecule has 5 nitrogen and oxygen atoms in total. The Bertz CT molecular complexity index is 301. The van der Waals surface area contributed by atoms with Crippen molar-refractivity contribution in [1.82, 2.24) is 0 Å². The maximum absolute atomic E-state index is 11.6. The van der Waals surface area contributed by atoms with E-state index in [0.29, 0.717) is 13.2 Å². The lowest BCUT2D eigenvalue weighted by Crippen LogP contribution is -2.33. The zero-order valence-electron chi connectivity index (χ0n) is 10.1. The van der Waals surface area contributed by atoms with Crippen LogP contribution in [0.2, 0.25) is 0 Å². The Morgan fingerprint density at radius 1 is 1.38 bits per heavy atom. The Hall–Kier alpha value is -0.650. The highest BCUT2D eigenvalue weighted by Gasteiger charge is 2.65. The molecule has 3 atom stereocenters. The molecule has 92 valence electrons. The molecule has 0 amide bonds. The Morgan fingerprint density at radius 2 is 2.06 bits per heavy atom. The fourth-order valence-electron chi connectivity index (χ4n) is 1.96. The molecule has 2 rings (SSSR count). The van der Waals surface area contributed by atoms with Crippen LogP contribution in [-0.2, 0) is 23.7 Å². The average molecular weight is 230 g/mol. The highest BCUT2D eigenvalue weighted by molar-refractivity contribution is 5.83. The van der Waals surface area contributed by atoms with E-state index in [-0.39, 0.29) is 18.2 Å². The van der Waals surface area contributed by atoms with Crippen LogP contribution in [0.15, 0.2) is 0 Å². The van der Waals surface area contributed by atoms with E-state index < -0.39 is 11.4 Å². The summed E-state index contributed by atoms with van der Waals surface area (Å²) in [6.45, 7) is 8.00. The van der Waals surface area contributed by atoms with Crippen LogP contribution in [-0.4, -0.2) is 42.8 Å². The van der Waals surface area contributed by atoms with Gasteiger partial charge in [-0.3, -0.25) is 0 Å². The standard InChI is InChI=1S/C11H18O5/c1-5-13-9(12)11(4)8(16-11)7-6-14-10(2,3)15-7/h7-8H,5-6H2,1-4H3/t7-,8-,11+/m1/s1. The van der Waals surface area contributed by atoms with Gasteiger partial charge in [0.25, 0.3) is 0 Å². The summed E-state index contributed by atoms with van der Waals surface area (Å²) in [6, 6.07) is 0. The van der Waals surface area contributed by atoms with E-state index >= 15 is 0 Å². The van der Waals surface area contributed by atoms with E-state index in [1.165, 1.54) is 0 Å². The van der Waals surface area contributed by atoms with Gasteiger partial charge in [-0.2, -0.15) is 0 Å². The third kappa shape index (κ3) is 1.95. The predicted molar refractivity (Wildman–Crippen MR) is 54.8 cm³/mol. The van der Waals surface area contributed by atoms with Crippen molar-refractivity contribution in [2.75, 3.05) is 13.2 Å². The number of rotatable bonds is 3. The molecule has 0 saturated carbocycles. The maximum Gasteiger partial charge on any atom is 0.340 e. The zero-order valence-corrected chi connectivity index (χ0v) is 10.1. The number of esters is 1. The largest absolute Gasteiger partial charge is 0.464 e. The van der Waals surface area contributed by atoms with Crippen molar-refractivity contribution in [1.29, 1.82) is 0 Å². The smallest absolute Gasteiger partial charge is 0.340 e. The van der Waals surface area contributed by atoms with Crippen LogP contribution in [0.3, 0.4) is 0 Å². The monoisotopic (exact) mass is 230 g/mol. The second-order valence-electron chi connectivity index (χ2n) is 4.73. The van der Waals surface area contributed by atoms with Crippen molar-refractivity contribution in [2.45, 2.75) is 51.3 Å². The summed E-state index contributed by atoms with van der Waals surface area (Å²) in [4.78, 5) is 11.6. The first-order chi connectivity index (χ1) is 7.39. The fraction of sp³-hybridized carbons (Fsp3) is 0.909. The van der Waals surface area contributed by atoms with Crippen LogP contribution in [0.1, 0.15) is 27.7 Å². The fourth-order valence-corrected chi connectivity index (χ4v) is 1.96. The Labute approximate surface area is 95.0 Å². The molecule has 0 spiro atoms. The third-order valence-corrected chi connectivity index (χ3v) is 2.91. The van der Waals surface area contributed by atoms with Crippen molar-refractivity contribution in [2.24, 2.45) is 0 Å². The first-order valence-corrected chi connectivity index (χ1v) is 5.56. The van der Waals surface area contributed by atoms with E-state index in [4.69, 9.17) is 18.9 Å². The van der Waals surface area contributed by atoms with Crippen molar-refractivity contribution in [3.63, 3.8) is 0 Å². The summed E-state index contributed by atoms with van der Waals surface area (Å²) in [5.74, 6) is -0.917. The number of carbonyl (C=O) groups is 1. The predicted octanol–water partition coefficient (Wildman–Crippen LogP) is 0.858. The number of hydrogen-bond acceptors (Lipinski definition) is 5. The van der Waals surface area contributed by atoms with Crippen molar-refractivity contribution >= 4 is 5.97 Å². The molecular formula is C11H18O5. The molecule has 0 N–H and O–H groups in total. The van der Waals surface area contributed by atoms with E-state index in [2.05, 4.69) is 0 Å². The van der Waals surface area contributed by atoms with E-state index in [0.717, 1.165) is 0 Å². The second kappa shape index (κ2) is 3.68. The molecule has 2 aliphatic rings. The summed E-state index contributed by atoms with van der Waals surface area (Å²) >= 11 is 0. The highest BCUT2D eigenvalue weighted by atomic mass is 16.8. The molecule has 0 aromatic carbocycles. The van der Waals surface area contributed by atoms with Gasteiger partial charge in [0.2, 0.25) is 0 Å². The van der Waals surface area contributed by atoms with E-state index in [1.54, 1.807) is 13.8 Å². The summed E-state index contributed by atoms with van der Waals surface area (Å²) in [7, 11) is 0. The first-order valence-electron chi connectivity index (χ1n) is 5.56. The Balaban J connectivity index is 1.93. The van der Waals surface area contributed by atoms with Gasteiger partial charge in [-0.05, 0) is 27.7 Å². The normalized spacial score (nSPS) is 40.8. The van der Waals surface area contributed by atoms with Gasteiger partial charge in [-0.1, -0.05) is 0 Å². The van der Waals surface area contributed by atoms with Gasteiger partial charge in [0.1, 0.15) is 12.2 Å². The van der Waals surface area contributed by atoms with Gasteiger partial charge < -0.3 is 18.9 Å². The SMILES string of the molecule is CCOC(=O)[C@@]1(C)O[C@@H]1[C@H]1COC(C)(C)O1. The summed E-state index contributed by atoms with van der Waals surface area (Å²) in [5, 5.41) is 0. The molecule has 0 unspecified atom stereocenters. The van der Waals surface area contributed by atoms with Crippen molar-refractivity contribution in [3.8, 4) is 0 Å². The minimum atomic E-state index is -0.857. The minimum absolute atomic E-state index is 0.190. The second-order valence-corrected chi connectivity index (χ2v) is 4.73. The van der Waals surface area contributed by atoms with Crippen LogP contribution < -0.4 is 0 Å². The lowest BCUT2D eigenvalue weighted by atomic mass is 10.0. The number of ether oxygens (including phenoxy) is 4. The number of carbonyl (C=O) groups excluding carboxylic acids is 1. The first kappa shape index (κ1) is 11.8. The van der Waals surface area contributed by atoms with Gasteiger partial charge >= 0.3 is 5.97 Å². The zero-order chi connectivity index (χ0) is 12.0. The Morgan fingerprint density at radius 3 is 2.56 bits per heavy atom. The van der Waals surface area contributed by atoms with Crippen LogP contribution in [0.25, 0.3) is 0 Å². The number of hydrogen-bond donors (Lipinski definition) is 0. The van der Waals surface area contributed by atoms with E-state index in [1.807, 2.05) is 13.8 Å². The highest BCUT2D eigenvalue weighted by Crippen LogP contribution is 2.43. The summed E-state index contributed by atoms with van der Waals surface area (Å²) in [6.07, 6.45) is -0.447. The van der Waals surface area contributed by atoms with E-state index in [9.17, 15) is 4.79 Å². The van der Waals surface area contributed by atoms with Gasteiger partial charge in [0, 0.05) is 0 Å². The average Bonchev–Trinajstić information content (AvgIpc) is 2.75. The van der Waals surface area contributed by atoms with Gasteiger partial charge in [0.05, 0.1) is 13.2 Å². The van der Waals surface area contributed by atoms with Crippen molar-refractivity contribution in [3.05, 3.63) is 0 Å². The number of epoxide rings is 1. The van der Waals surface area contributed by atoms with Gasteiger partial charge in [0.15, 0.2) is 11.4 Å². The topological polar surface area (TPSA) is 57.3 Å². The molecule has 2 aliphatic heterocycles. The lowest BCUT2D eigenvalue weighted by molar-refractivity contribution is -0.149. The Kier molecular flexibility index (Phi) is 2.72.